The summed E-state index contributed by atoms with van der Waals surface area (Å²) >= 11 is 4.48. The number of halogens is 1. The van der Waals surface area contributed by atoms with Crippen molar-refractivity contribution in [3.63, 3.8) is 0 Å². The minimum atomic E-state index is -1.20. The highest BCUT2D eigenvalue weighted by Crippen LogP contribution is 2.40. The maximum absolute atomic E-state index is 12.8. The van der Waals surface area contributed by atoms with E-state index < -0.39 is 23.7 Å². The number of nitriles is 1. The average Bonchev–Trinajstić information content (AvgIpc) is 2.76. The number of methoxy groups -OCH3 is 1. The number of amides is 2. The molecule has 0 aliphatic carbocycles. The maximum Gasteiger partial charge on any atom is 0.319 e. The average molecular weight is 494 g/mol. The Kier molecular flexibility index (Phi) is 7.53. The van der Waals surface area contributed by atoms with Crippen LogP contribution in [0.1, 0.15) is 11.5 Å². The Bertz CT molecular complexity index is 923. The molecule has 1 fully saturated rings. The molecule has 1 aromatic rings. The number of nitrogens with zero attached hydrogens (tertiary/aromatic N) is 2. The summed E-state index contributed by atoms with van der Waals surface area (Å²) in [5, 5.41) is 12.8. The van der Waals surface area contributed by atoms with Crippen molar-refractivity contribution in [1.29, 1.82) is 5.26 Å². The zero-order valence-electron chi connectivity index (χ0n) is 16.2. The lowest BCUT2D eigenvalue weighted by atomic mass is 9.78. The largest absolute Gasteiger partial charge is 0.468 e. The van der Waals surface area contributed by atoms with E-state index in [1.807, 2.05) is 6.07 Å². The molecule has 2 heterocycles. The predicted octanol–water partition coefficient (Wildman–Crippen LogP) is 1.78. The number of carbonyl (C=O) groups is 3. The lowest BCUT2D eigenvalue weighted by molar-refractivity contribution is -0.150. The van der Waals surface area contributed by atoms with Crippen molar-refractivity contribution in [3.8, 4) is 6.07 Å². The van der Waals surface area contributed by atoms with Crippen molar-refractivity contribution in [1.82, 2.24) is 10.2 Å². The van der Waals surface area contributed by atoms with Gasteiger partial charge < -0.3 is 19.7 Å². The fraction of sp³-hybridized carbons (Fsp3) is 0.400. The van der Waals surface area contributed by atoms with Gasteiger partial charge in [-0.25, -0.2) is 0 Å². The first kappa shape index (κ1) is 22.3. The third-order valence-electron chi connectivity index (χ3n) is 4.90. The monoisotopic (exact) mass is 493 g/mol. The van der Waals surface area contributed by atoms with Crippen LogP contribution in [0.15, 0.2) is 39.3 Å². The number of allylic oxidation sites excluding steroid dienone is 1. The lowest BCUT2D eigenvalue weighted by Crippen LogP contribution is -2.45. The third-order valence-corrected chi connectivity index (χ3v) is 6.39. The number of nitrogens with one attached hydrogen (secondary N) is 1. The summed E-state index contributed by atoms with van der Waals surface area (Å²) in [6.07, 6.45) is 0. The number of hydrogen-bond donors (Lipinski definition) is 1. The molecule has 2 atom stereocenters. The van der Waals surface area contributed by atoms with Gasteiger partial charge in [-0.15, -0.1) is 0 Å². The van der Waals surface area contributed by atoms with Crippen molar-refractivity contribution < 1.29 is 23.9 Å². The molecule has 30 heavy (non-hydrogen) atoms. The molecular formula is C20H20BrN3O5S. The number of esters is 1. The summed E-state index contributed by atoms with van der Waals surface area (Å²) in [5.41, 5.74) is 0.853. The summed E-state index contributed by atoms with van der Waals surface area (Å²) < 4.78 is 10.8. The first-order chi connectivity index (χ1) is 14.5. The molecule has 3 rings (SSSR count). The summed E-state index contributed by atoms with van der Waals surface area (Å²) in [5.74, 6) is -3.33. The van der Waals surface area contributed by atoms with Gasteiger partial charge in [-0.1, -0.05) is 39.8 Å². The number of thioether (sulfide) groups is 1. The van der Waals surface area contributed by atoms with Crippen molar-refractivity contribution >= 4 is 45.5 Å². The van der Waals surface area contributed by atoms with Crippen LogP contribution >= 0.6 is 27.7 Å². The minimum absolute atomic E-state index is 0.0644. The van der Waals surface area contributed by atoms with Crippen molar-refractivity contribution in [2.24, 2.45) is 5.92 Å². The number of ether oxygens (including phenoxy) is 2. The van der Waals surface area contributed by atoms with E-state index in [9.17, 15) is 19.6 Å². The summed E-state index contributed by atoms with van der Waals surface area (Å²) in [4.78, 5) is 39.3. The van der Waals surface area contributed by atoms with Gasteiger partial charge in [-0.2, -0.15) is 5.26 Å². The number of morpholine rings is 1. The molecule has 2 aliphatic rings. The van der Waals surface area contributed by atoms with Crippen LogP contribution in [-0.2, 0) is 23.9 Å². The minimum Gasteiger partial charge on any atom is -0.468 e. The van der Waals surface area contributed by atoms with Gasteiger partial charge in [0.1, 0.15) is 5.92 Å². The molecule has 0 saturated carbocycles. The van der Waals surface area contributed by atoms with E-state index in [4.69, 9.17) is 9.47 Å². The Labute approximate surface area is 186 Å². The molecule has 1 N–H and O–H groups in total. The molecule has 1 saturated heterocycles. The van der Waals surface area contributed by atoms with Gasteiger partial charge in [0.2, 0.25) is 11.8 Å². The van der Waals surface area contributed by atoms with Crippen LogP contribution in [0, 0.1) is 17.2 Å². The molecule has 2 aliphatic heterocycles. The van der Waals surface area contributed by atoms with Gasteiger partial charge in [0.15, 0.2) is 0 Å². The number of rotatable bonds is 5. The fourth-order valence-electron chi connectivity index (χ4n) is 3.42. The molecule has 10 heteroatoms. The second-order valence-corrected chi connectivity index (χ2v) is 8.56. The Morgan fingerprint density at radius 1 is 1.40 bits per heavy atom. The first-order valence-corrected chi connectivity index (χ1v) is 11.0. The topological polar surface area (TPSA) is 109 Å². The van der Waals surface area contributed by atoms with E-state index in [0.29, 0.717) is 31.9 Å². The molecule has 1 aromatic carbocycles. The highest BCUT2D eigenvalue weighted by atomic mass is 79.9. The number of hydrogen-bond acceptors (Lipinski definition) is 7. The van der Waals surface area contributed by atoms with Crippen LogP contribution in [0.4, 0.5) is 0 Å². The zero-order valence-corrected chi connectivity index (χ0v) is 18.6. The summed E-state index contributed by atoms with van der Waals surface area (Å²) in [7, 11) is 1.20. The van der Waals surface area contributed by atoms with Crippen LogP contribution in [0.3, 0.4) is 0 Å². The van der Waals surface area contributed by atoms with Crippen LogP contribution in [0.25, 0.3) is 0 Å². The van der Waals surface area contributed by atoms with E-state index in [2.05, 4.69) is 27.3 Å². The zero-order chi connectivity index (χ0) is 21.7. The van der Waals surface area contributed by atoms with E-state index in [-0.39, 0.29) is 22.3 Å². The summed E-state index contributed by atoms with van der Waals surface area (Å²) in [6.45, 7) is 2.01. The Hall–Kier alpha value is -2.35. The number of benzene rings is 1. The highest BCUT2D eigenvalue weighted by Gasteiger charge is 2.44. The van der Waals surface area contributed by atoms with E-state index >= 15 is 0 Å². The Balaban J connectivity index is 1.92. The molecule has 2 amide bonds. The van der Waals surface area contributed by atoms with Gasteiger partial charge in [0, 0.05) is 23.5 Å². The van der Waals surface area contributed by atoms with E-state index in [0.717, 1.165) is 16.2 Å². The standard InChI is InChI=1S/C20H20BrN3O5S/c1-28-20(27)17-16(12-3-2-4-13(21)9-12)14(10-22)19(23-18(17)26)30-11-15(25)24-5-7-29-8-6-24/h2-4,9,16-17H,5-8,11H2,1H3,(H,23,26)/t16-,17-/m1/s1. The van der Waals surface area contributed by atoms with E-state index in [1.165, 1.54) is 7.11 Å². The molecule has 158 valence electrons. The highest BCUT2D eigenvalue weighted by molar-refractivity contribution is 9.10. The smallest absolute Gasteiger partial charge is 0.319 e. The predicted molar refractivity (Wildman–Crippen MR) is 113 cm³/mol. The van der Waals surface area contributed by atoms with Gasteiger partial charge in [-0.3, -0.25) is 14.4 Å². The van der Waals surface area contributed by atoms with Crippen LogP contribution in [0.2, 0.25) is 0 Å². The maximum atomic E-state index is 12.8. The molecular weight excluding hydrogens is 474 g/mol. The van der Waals surface area contributed by atoms with Crippen LogP contribution in [0.5, 0.6) is 0 Å². The molecule has 0 unspecified atom stereocenters. The van der Waals surface area contributed by atoms with Gasteiger partial charge in [0.25, 0.3) is 0 Å². The Morgan fingerprint density at radius 3 is 2.77 bits per heavy atom. The number of carbonyl (C=O) groups excluding carboxylic acids is 3. The lowest BCUT2D eigenvalue weighted by Gasteiger charge is -2.31. The fourth-order valence-corrected chi connectivity index (χ4v) is 4.79. The second kappa shape index (κ2) is 10.1. The Morgan fingerprint density at radius 2 is 2.13 bits per heavy atom. The second-order valence-electron chi connectivity index (χ2n) is 6.66. The van der Waals surface area contributed by atoms with Crippen molar-refractivity contribution in [2.45, 2.75) is 5.92 Å². The van der Waals surface area contributed by atoms with Gasteiger partial charge >= 0.3 is 5.97 Å². The molecule has 8 nitrogen and oxygen atoms in total. The molecule has 0 radical (unpaired) electrons. The summed E-state index contributed by atoms with van der Waals surface area (Å²) in [6, 6.07) is 9.22. The van der Waals surface area contributed by atoms with E-state index in [1.54, 1.807) is 23.1 Å². The molecule has 0 bridgehead atoms. The van der Waals surface area contributed by atoms with Crippen LogP contribution < -0.4 is 5.32 Å². The normalized spacial score (nSPS) is 21.6. The van der Waals surface area contributed by atoms with Gasteiger partial charge in [-0.05, 0) is 17.7 Å². The SMILES string of the molecule is COC(=O)[C@H]1C(=O)NC(SCC(=O)N2CCOCC2)=C(C#N)[C@H]1c1cccc(Br)c1. The first-order valence-electron chi connectivity index (χ1n) is 9.23. The third kappa shape index (κ3) is 4.86. The van der Waals surface area contributed by atoms with Crippen LogP contribution in [-0.4, -0.2) is 61.8 Å². The van der Waals surface area contributed by atoms with Crippen molar-refractivity contribution in [3.05, 3.63) is 44.9 Å². The van der Waals surface area contributed by atoms with Gasteiger partial charge in [0.05, 0.1) is 42.7 Å². The van der Waals surface area contributed by atoms with Crippen molar-refractivity contribution in [2.75, 3.05) is 39.2 Å². The molecule has 0 spiro atoms. The quantitative estimate of drug-likeness (QED) is 0.491. The molecule has 0 aromatic heterocycles.